The minimum atomic E-state index is -0.192. The highest BCUT2D eigenvalue weighted by molar-refractivity contribution is 7.99. The Bertz CT molecular complexity index is 332. The van der Waals surface area contributed by atoms with Gasteiger partial charge in [-0.25, -0.2) is 4.39 Å². The lowest BCUT2D eigenvalue weighted by atomic mass is 10.2. The van der Waals surface area contributed by atoms with E-state index in [4.69, 9.17) is 0 Å². The molecule has 1 aliphatic rings. The standard InChI is InChI=1S/C11H15FN2S/c1-9-8-15-5-4-14(9)7-10-2-3-13-6-11(10)12/h2-3,6,9H,4-5,7-8H2,1H3/t9-/m0/s1. The molecule has 2 nitrogen and oxygen atoms in total. The maximum absolute atomic E-state index is 13.4. The molecule has 1 aromatic heterocycles. The van der Waals surface area contributed by atoms with Gasteiger partial charge in [0.25, 0.3) is 0 Å². The Labute approximate surface area is 93.9 Å². The first-order valence-electron chi connectivity index (χ1n) is 5.17. The summed E-state index contributed by atoms with van der Waals surface area (Å²) in [6.07, 6.45) is 2.94. The van der Waals surface area contributed by atoms with Crippen molar-refractivity contribution in [3.63, 3.8) is 0 Å². The molecule has 0 radical (unpaired) electrons. The van der Waals surface area contributed by atoms with E-state index in [-0.39, 0.29) is 5.82 Å². The summed E-state index contributed by atoms with van der Waals surface area (Å²) >= 11 is 1.97. The van der Waals surface area contributed by atoms with Crippen LogP contribution in [0, 0.1) is 5.82 Å². The molecule has 15 heavy (non-hydrogen) atoms. The summed E-state index contributed by atoms with van der Waals surface area (Å²) in [7, 11) is 0. The molecule has 0 saturated carbocycles. The molecule has 0 aliphatic carbocycles. The highest BCUT2D eigenvalue weighted by atomic mass is 32.2. The molecule has 0 spiro atoms. The molecule has 4 heteroatoms. The van der Waals surface area contributed by atoms with Crippen LogP contribution in [0.2, 0.25) is 0 Å². The predicted molar refractivity (Wildman–Crippen MR) is 61.4 cm³/mol. The van der Waals surface area contributed by atoms with E-state index in [2.05, 4.69) is 16.8 Å². The van der Waals surface area contributed by atoms with Gasteiger partial charge in [-0.1, -0.05) is 0 Å². The second-order valence-electron chi connectivity index (χ2n) is 3.86. The predicted octanol–water partition coefficient (Wildman–Crippen LogP) is 2.16. The van der Waals surface area contributed by atoms with Gasteiger partial charge in [0.15, 0.2) is 0 Å². The van der Waals surface area contributed by atoms with Crippen molar-refractivity contribution in [3.05, 3.63) is 29.8 Å². The van der Waals surface area contributed by atoms with Gasteiger partial charge in [-0.05, 0) is 13.0 Å². The molecule has 0 N–H and O–H groups in total. The molecule has 0 aromatic carbocycles. The number of pyridine rings is 1. The number of hydrogen-bond donors (Lipinski definition) is 0. The van der Waals surface area contributed by atoms with E-state index in [1.807, 2.05) is 11.8 Å². The molecule has 0 amide bonds. The van der Waals surface area contributed by atoms with E-state index in [1.54, 1.807) is 12.3 Å². The fourth-order valence-corrected chi connectivity index (χ4v) is 2.83. The van der Waals surface area contributed by atoms with E-state index in [0.717, 1.165) is 23.6 Å². The van der Waals surface area contributed by atoms with Crippen LogP contribution in [0.15, 0.2) is 18.5 Å². The van der Waals surface area contributed by atoms with Crippen molar-refractivity contribution in [2.45, 2.75) is 19.5 Å². The number of nitrogens with zero attached hydrogens (tertiary/aromatic N) is 2. The molecule has 1 aromatic rings. The van der Waals surface area contributed by atoms with Crippen molar-refractivity contribution in [1.82, 2.24) is 9.88 Å². The van der Waals surface area contributed by atoms with Gasteiger partial charge < -0.3 is 0 Å². The minimum absolute atomic E-state index is 0.192. The summed E-state index contributed by atoms with van der Waals surface area (Å²) in [5.41, 5.74) is 0.753. The summed E-state index contributed by atoms with van der Waals surface area (Å²) in [5, 5.41) is 0. The highest BCUT2D eigenvalue weighted by Gasteiger charge is 2.19. The lowest BCUT2D eigenvalue weighted by Gasteiger charge is -2.32. The van der Waals surface area contributed by atoms with Crippen molar-refractivity contribution in [2.75, 3.05) is 18.1 Å². The summed E-state index contributed by atoms with van der Waals surface area (Å²) in [6, 6.07) is 2.31. The van der Waals surface area contributed by atoms with Crippen LogP contribution in [0.25, 0.3) is 0 Å². The molecular formula is C11H15FN2S. The Kier molecular flexibility index (Phi) is 3.59. The van der Waals surface area contributed by atoms with Gasteiger partial charge in [-0.3, -0.25) is 9.88 Å². The first kappa shape index (κ1) is 10.9. The number of hydrogen-bond acceptors (Lipinski definition) is 3. The van der Waals surface area contributed by atoms with E-state index in [0.29, 0.717) is 12.6 Å². The van der Waals surface area contributed by atoms with Crippen LogP contribution < -0.4 is 0 Å². The lowest BCUT2D eigenvalue weighted by Crippen LogP contribution is -2.39. The molecule has 1 saturated heterocycles. The zero-order valence-electron chi connectivity index (χ0n) is 8.82. The van der Waals surface area contributed by atoms with E-state index < -0.39 is 0 Å². The summed E-state index contributed by atoms with van der Waals surface area (Å²) in [6.45, 7) is 3.95. The number of aromatic nitrogens is 1. The van der Waals surface area contributed by atoms with Gasteiger partial charge in [-0.15, -0.1) is 0 Å². The normalized spacial score (nSPS) is 22.9. The Morgan fingerprint density at radius 3 is 3.27 bits per heavy atom. The number of halogens is 1. The molecule has 1 aliphatic heterocycles. The van der Waals surface area contributed by atoms with Crippen LogP contribution in [0.4, 0.5) is 4.39 Å². The van der Waals surface area contributed by atoms with Crippen molar-refractivity contribution >= 4 is 11.8 Å². The molecule has 1 fully saturated rings. The minimum Gasteiger partial charge on any atom is -0.295 e. The summed E-state index contributed by atoms with van der Waals surface area (Å²) < 4.78 is 13.4. The van der Waals surface area contributed by atoms with Crippen LogP contribution in [-0.2, 0) is 6.54 Å². The fourth-order valence-electron chi connectivity index (χ4n) is 1.75. The zero-order valence-corrected chi connectivity index (χ0v) is 9.63. The monoisotopic (exact) mass is 226 g/mol. The highest BCUT2D eigenvalue weighted by Crippen LogP contribution is 2.19. The number of thioether (sulfide) groups is 1. The van der Waals surface area contributed by atoms with Crippen LogP contribution in [-0.4, -0.2) is 34.0 Å². The van der Waals surface area contributed by atoms with Crippen LogP contribution in [0.1, 0.15) is 12.5 Å². The van der Waals surface area contributed by atoms with Crippen molar-refractivity contribution in [2.24, 2.45) is 0 Å². The van der Waals surface area contributed by atoms with Crippen molar-refractivity contribution in [3.8, 4) is 0 Å². The Balaban J connectivity index is 2.04. The van der Waals surface area contributed by atoms with Gasteiger partial charge in [0.1, 0.15) is 5.82 Å². The molecule has 0 bridgehead atoms. The maximum Gasteiger partial charge on any atom is 0.145 e. The van der Waals surface area contributed by atoms with Gasteiger partial charge in [0.05, 0.1) is 6.20 Å². The quantitative estimate of drug-likeness (QED) is 0.769. The Hall–Kier alpha value is -0.610. The van der Waals surface area contributed by atoms with Gasteiger partial charge >= 0.3 is 0 Å². The topological polar surface area (TPSA) is 16.1 Å². The lowest BCUT2D eigenvalue weighted by molar-refractivity contribution is 0.221. The van der Waals surface area contributed by atoms with Gasteiger partial charge in [0.2, 0.25) is 0 Å². The van der Waals surface area contributed by atoms with E-state index in [1.165, 1.54) is 6.20 Å². The average Bonchev–Trinajstić information content (AvgIpc) is 2.24. The van der Waals surface area contributed by atoms with Crippen molar-refractivity contribution < 1.29 is 4.39 Å². The smallest absolute Gasteiger partial charge is 0.145 e. The summed E-state index contributed by atoms with van der Waals surface area (Å²) in [5.74, 6) is 2.10. The summed E-state index contributed by atoms with van der Waals surface area (Å²) in [4.78, 5) is 6.09. The third kappa shape index (κ3) is 2.69. The SMILES string of the molecule is C[C@H]1CSCCN1Cc1ccncc1F. The van der Waals surface area contributed by atoms with E-state index >= 15 is 0 Å². The number of rotatable bonds is 2. The Morgan fingerprint density at radius 1 is 1.67 bits per heavy atom. The second kappa shape index (κ2) is 4.94. The van der Waals surface area contributed by atoms with Crippen LogP contribution in [0.3, 0.4) is 0 Å². The third-order valence-corrected chi connectivity index (χ3v) is 3.92. The average molecular weight is 226 g/mol. The second-order valence-corrected chi connectivity index (χ2v) is 5.01. The van der Waals surface area contributed by atoms with Gasteiger partial charge in [-0.2, -0.15) is 11.8 Å². The molecule has 2 heterocycles. The first-order valence-corrected chi connectivity index (χ1v) is 6.33. The zero-order chi connectivity index (χ0) is 10.7. The van der Waals surface area contributed by atoms with Crippen LogP contribution in [0.5, 0.6) is 0 Å². The largest absolute Gasteiger partial charge is 0.295 e. The third-order valence-electron chi connectivity index (χ3n) is 2.74. The van der Waals surface area contributed by atoms with E-state index in [9.17, 15) is 4.39 Å². The molecule has 82 valence electrons. The molecule has 1 atom stereocenters. The van der Waals surface area contributed by atoms with Gasteiger partial charge in [0, 0.05) is 42.4 Å². The first-order chi connectivity index (χ1) is 7.27. The van der Waals surface area contributed by atoms with Crippen molar-refractivity contribution in [1.29, 1.82) is 0 Å². The molecule has 0 unspecified atom stereocenters. The molecule has 2 rings (SSSR count). The molecular weight excluding hydrogens is 211 g/mol. The Morgan fingerprint density at radius 2 is 2.53 bits per heavy atom. The van der Waals surface area contributed by atoms with Crippen LogP contribution >= 0.6 is 11.8 Å². The maximum atomic E-state index is 13.4. The fraction of sp³-hybridized carbons (Fsp3) is 0.545.